The molecule has 0 radical (unpaired) electrons. The molecular formula is C14H19N3O3. The van der Waals surface area contributed by atoms with Crippen molar-refractivity contribution in [1.29, 1.82) is 0 Å². The predicted octanol–water partition coefficient (Wildman–Crippen LogP) is 0.385. The standard InChI is InChI=1S/C14H19N3O3/c1-14(2)13(19)16-6-7-17(14)12(18)9-20-11-5-3-4-10(15)8-11/h3-5,8H,6-7,9,15H2,1-2H3,(H,16,19). The highest BCUT2D eigenvalue weighted by atomic mass is 16.5. The number of amides is 2. The number of ether oxygens (including phenoxy) is 1. The average Bonchev–Trinajstić information content (AvgIpc) is 2.39. The minimum Gasteiger partial charge on any atom is -0.484 e. The third-order valence-electron chi connectivity index (χ3n) is 3.37. The van der Waals surface area contributed by atoms with Gasteiger partial charge in [0, 0.05) is 24.8 Å². The zero-order valence-corrected chi connectivity index (χ0v) is 11.7. The van der Waals surface area contributed by atoms with Crippen LogP contribution in [0, 0.1) is 0 Å². The minimum atomic E-state index is -0.853. The summed E-state index contributed by atoms with van der Waals surface area (Å²) in [6, 6.07) is 6.89. The molecule has 6 nitrogen and oxygen atoms in total. The molecule has 1 aliphatic rings. The Morgan fingerprint density at radius 2 is 2.25 bits per heavy atom. The largest absolute Gasteiger partial charge is 0.484 e. The van der Waals surface area contributed by atoms with E-state index >= 15 is 0 Å². The molecule has 0 bridgehead atoms. The zero-order valence-electron chi connectivity index (χ0n) is 11.7. The second-order valence-electron chi connectivity index (χ2n) is 5.22. The average molecular weight is 277 g/mol. The number of hydrogen-bond acceptors (Lipinski definition) is 4. The van der Waals surface area contributed by atoms with Gasteiger partial charge < -0.3 is 20.7 Å². The quantitative estimate of drug-likeness (QED) is 0.782. The topological polar surface area (TPSA) is 84.7 Å². The molecule has 0 aliphatic carbocycles. The SMILES string of the molecule is CC1(C)C(=O)NCCN1C(=O)COc1cccc(N)c1. The number of nitrogen functional groups attached to an aromatic ring is 1. The number of rotatable bonds is 3. The molecule has 0 aromatic heterocycles. The molecule has 1 aromatic carbocycles. The van der Waals surface area contributed by atoms with E-state index in [0.29, 0.717) is 24.5 Å². The molecule has 108 valence electrons. The Kier molecular flexibility index (Phi) is 3.83. The van der Waals surface area contributed by atoms with Gasteiger partial charge in [-0.25, -0.2) is 0 Å². The van der Waals surface area contributed by atoms with E-state index in [1.54, 1.807) is 38.1 Å². The van der Waals surface area contributed by atoms with Gasteiger partial charge in [-0.15, -0.1) is 0 Å². The minimum absolute atomic E-state index is 0.111. The molecule has 1 heterocycles. The molecule has 1 aromatic rings. The summed E-state index contributed by atoms with van der Waals surface area (Å²) in [7, 11) is 0. The number of nitrogens with one attached hydrogen (secondary N) is 1. The summed E-state index contributed by atoms with van der Waals surface area (Å²) < 4.78 is 5.43. The summed E-state index contributed by atoms with van der Waals surface area (Å²) in [5.41, 5.74) is 5.36. The van der Waals surface area contributed by atoms with E-state index in [0.717, 1.165) is 0 Å². The maximum atomic E-state index is 12.2. The summed E-state index contributed by atoms with van der Waals surface area (Å²) >= 11 is 0. The number of anilines is 1. The maximum absolute atomic E-state index is 12.2. The molecule has 20 heavy (non-hydrogen) atoms. The van der Waals surface area contributed by atoms with Gasteiger partial charge in [0.15, 0.2) is 6.61 Å². The van der Waals surface area contributed by atoms with Crippen LogP contribution in [-0.2, 0) is 9.59 Å². The highest BCUT2D eigenvalue weighted by Crippen LogP contribution is 2.19. The number of nitrogens with two attached hydrogens (primary N) is 1. The van der Waals surface area contributed by atoms with Crippen molar-refractivity contribution in [3.05, 3.63) is 24.3 Å². The molecule has 0 unspecified atom stereocenters. The van der Waals surface area contributed by atoms with Gasteiger partial charge in [-0.3, -0.25) is 9.59 Å². The molecule has 2 rings (SSSR count). The lowest BCUT2D eigenvalue weighted by atomic mass is 9.99. The predicted molar refractivity (Wildman–Crippen MR) is 75.2 cm³/mol. The Balaban J connectivity index is 1.99. The number of benzene rings is 1. The molecule has 1 aliphatic heterocycles. The maximum Gasteiger partial charge on any atom is 0.261 e. The van der Waals surface area contributed by atoms with E-state index in [4.69, 9.17) is 10.5 Å². The van der Waals surface area contributed by atoms with E-state index in [9.17, 15) is 9.59 Å². The molecule has 0 saturated carbocycles. The summed E-state index contributed by atoms with van der Waals surface area (Å²) in [5.74, 6) is 0.172. The molecule has 3 N–H and O–H groups in total. The molecule has 2 amide bonds. The molecule has 1 saturated heterocycles. The fraction of sp³-hybridized carbons (Fsp3) is 0.429. The Morgan fingerprint density at radius 3 is 2.95 bits per heavy atom. The Hall–Kier alpha value is -2.24. The van der Waals surface area contributed by atoms with Crippen molar-refractivity contribution in [1.82, 2.24) is 10.2 Å². The van der Waals surface area contributed by atoms with Crippen LogP contribution in [0.5, 0.6) is 5.75 Å². The van der Waals surface area contributed by atoms with E-state index in [1.165, 1.54) is 4.90 Å². The summed E-state index contributed by atoms with van der Waals surface area (Å²) in [6.45, 7) is 4.28. The van der Waals surface area contributed by atoms with Gasteiger partial charge in [0.2, 0.25) is 5.91 Å². The summed E-state index contributed by atoms with van der Waals surface area (Å²) in [4.78, 5) is 25.5. The van der Waals surface area contributed by atoms with Gasteiger partial charge in [0.05, 0.1) is 0 Å². The van der Waals surface area contributed by atoms with Gasteiger partial charge in [-0.05, 0) is 26.0 Å². The van der Waals surface area contributed by atoms with Gasteiger partial charge in [0.25, 0.3) is 5.91 Å². The Morgan fingerprint density at radius 1 is 1.50 bits per heavy atom. The van der Waals surface area contributed by atoms with Crippen LogP contribution in [0.25, 0.3) is 0 Å². The normalized spacial score (nSPS) is 17.5. The summed E-state index contributed by atoms with van der Waals surface area (Å²) in [6.07, 6.45) is 0. The summed E-state index contributed by atoms with van der Waals surface area (Å²) in [5, 5.41) is 2.75. The van der Waals surface area contributed by atoms with Crippen LogP contribution in [0.3, 0.4) is 0 Å². The number of carbonyl (C=O) groups excluding carboxylic acids is 2. The van der Waals surface area contributed by atoms with Gasteiger partial charge in [-0.1, -0.05) is 6.07 Å². The molecule has 0 spiro atoms. The fourth-order valence-electron chi connectivity index (χ4n) is 2.16. The van der Waals surface area contributed by atoms with Crippen molar-refractivity contribution in [2.75, 3.05) is 25.4 Å². The van der Waals surface area contributed by atoms with E-state index < -0.39 is 5.54 Å². The van der Waals surface area contributed by atoms with Crippen molar-refractivity contribution < 1.29 is 14.3 Å². The van der Waals surface area contributed by atoms with Crippen LogP contribution in [0.1, 0.15) is 13.8 Å². The van der Waals surface area contributed by atoms with E-state index in [-0.39, 0.29) is 18.4 Å². The number of hydrogen-bond donors (Lipinski definition) is 2. The fourth-order valence-corrected chi connectivity index (χ4v) is 2.16. The van der Waals surface area contributed by atoms with Crippen LogP contribution in [0.4, 0.5) is 5.69 Å². The first kappa shape index (κ1) is 14.2. The van der Waals surface area contributed by atoms with Crippen molar-refractivity contribution in [2.24, 2.45) is 0 Å². The zero-order chi connectivity index (χ0) is 14.8. The highest BCUT2D eigenvalue weighted by molar-refractivity contribution is 5.92. The smallest absolute Gasteiger partial charge is 0.261 e. The Labute approximate surface area is 117 Å². The van der Waals surface area contributed by atoms with Crippen molar-refractivity contribution in [3.63, 3.8) is 0 Å². The van der Waals surface area contributed by atoms with Gasteiger partial charge >= 0.3 is 0 Å². The third kappa shape index (κ3) is 2.84. The van der Waals surface area contributed by atoms with Crippen LogP contribution >= 0.6 is 0 Å². The monoisotopic (exact) mass is 277 g/mol. The second kappa shape index (κ2) is 5.40. The molecule has 1 fully saturated rings. The molecule has 0 atom stereocenters. The third-order valence-corrected chi connectivity index (χ3v) is 3.37. The highest BCUT2D eigenvalue weighted by Gasteiger charge is 2.40. The number of carbonyl (C=O) groups is 2. The second-order valence-corrected chi connectivity index (χ2v) is 5.22. The van der Waals surface area contributed by atoms with Crippen LogP contribution in [0.2, 0.25) is 0 Å². The lowest BCUT2D eigenvalue weighted by Crippen LogP contribution is -2.64. The number of piperazine rings is 1. The molecule has 6 heteroatoms. The molecular weight excluding hydrogens is 258 g/mol. The van der Waals surface area contributed by atoms with Crippen molar-refractivity contribution in [3.8, 4) is 5.75 Å². The first-order valence-electron chi connectivity index (χ1n) is 6.48. The lowest BCUT2D eigenvalue weighted by Gasteiger charge is -2.41. The first-order valence-corrected chi connectivity index (χ1v) is 6.48. The van der Waals surface area contributed by atoms with Crippen molar-refractivity contribution >= 4 is 17.5 Å². The van der Waals surface area contributed by atoms with Crippen LogP contribution in [-0.4, -0.2) is 41.9 Å². The van der Waals surface area contributed by atoms with E-state index in [2.05, 4.69) is 5.32 Å². The van der Waals surface area contributed by atoms with Crippen LogP contribution in [0.15, 0.2) is 24.3 Å². The lowest BCUT2D eigenvalue weighted by molar-refractivity contribution is -0.150. The van der Waals surface area contributed by atoms with Gasteiger partial charge in [-0.2, -0.15) is 0 Å². The Bertz CT molecular complexity index is 528. The van der Waals surface area contributed by atoms with Gasteiger partial charge in [0.1, 0.15) is 11.3 Å². The van der Waals surface area contributed by atoms with Crippen LogP contribution < -0.4 is 15.8 Å². The first-order chi connectivity index (χ1) is 9.41. The van der Waals surface area contributed by atoms with E-state index in [1.807, 2.05) is 0 Å². The van der Waals surface area contributed by atoms with Crippen molar-refractivity contribution in [2.45, 2.75) is 19.4 Å². The number of nitrogens with zero attached hydrogens (tertiary/aromatic N) is 1.